The van der Waals surface area contributed by atoms with Gasteiger partial charge in [-0.3, -0.25) is 23.7 Å². The molecule has 0 aliphatic carbocycles. The van der Waals surface area contributed by atoms with Crippen molar-refractivity contribution in [2.75, 3.05) is 46.8 Å². The van der Waals surface area contributed by atoms with Crippen molar-refractivity contribution in [1.82, 2.24) is 21.3 Å². The average molecular weight is 1570 g/mol. The van der Waals surface area contributed by atoms with E-state index >= 15 is 4.79 Å². The van der Waals surface area contributed by atoms with E-state index in [1.807, 2.05) is 0 Å². The Kier molecular flexibility index (Phi) is 31.1. The van der Waals surface area contributed by atoms with Crippen molar-refractivity contribution in [2.24, 2.45) is 0 Å². The average Bonchev–Trinajstić information content (AvgIpc) is 0.752. The van der Waals surface area contributed by atoms with Gasteiger partial charge in [0, 0.05) is 47.6 Å². The second-order valence-electron chi connectivity index (χ2n) is 26.1. The third-order valence-corrected chi connectivity index (χ3v) is 18.8. The van der Waals surface area contributed by atoms with Crippen LogP contribution in [0.15, 0.2) is 0 Å². The molecule has 0 saturated carbocycles. The Morgan fingerprint density at radius 1 is 0.481 bits per heavy atom. The zero-order valence-corrected chi connectivity index (χ0v) is 57.9. The fraction of sp³-hybridized carbons (Fsp3) is 0.895. The van der Waals surface area contributed by atoms with Crippen LogP contribution in [0.25, 0.3) is 0 Å². The summed E-state index contributed by atoms with van der Waals surface area (Å²) in [5.41, 5.74) is 0. The van der Waals surface area contributed by atoms with Crippen LogP contribution >= 0.6 is 0 Å². The first-order valence-corrected chi connectivity index (χ1v) is 34.1. The van der Waals surface area contributed by atoms with E-state index in [0.29, 0.717) is 0 Å². The Hall–Kier alpha value is -4.59. The lowest BCUT2D eigenvalue weighted by Gasteiger charge is -2.52. The molecule has 7 saturated heterocycles. The second-order valence-corrected chi connectivity index (χ2v) is 27.2. The molecular formula is C57H94N4O44S. The number of nitrogens with one attached hydrogen (secondary N) is 4. The van der Waals surface area contributed by atoms with Crippen LogP contribution in [0, 0.1) is 0 Å². The molecule has 4 amide bonds. The van der Waals surface area contributed by atoms with Crippen LogP contribution in [-0.2, 0) is 110 Å². The van der Waals surface area contributed by atoms with Gasteiger partial charge in [0.05, 0.1) is 70.0 Å². The normalized spacial score (nSPS) is 43.5. The van der Waals surface area contributed by atoms with Crippen LogP contribution in [0.3, 0.4) is 0 Å². The highest BCUT2D eigenvalue weighted by Gasteiger charge is 2.64. The van der Waals surface area contributed by atoms with Crippen molar-refractivity contribution >= 4 is 46.0 Å². The van der Waals surface area contributed by atoms with E-state index < -0.39 is 324 Å². The molecule has 0 aromatic rings. The molecule has 0 aromatic heterocycles. The van der Waals surface area contributed by atoms with E-state index in [0.717, 1.165) is 41.7 Å². The predicted octanol–water partition coefficient (Wildman–Crippen LogP) is -16.3. The smallest absolute Gasteiger partial charge is 0.397 e. The number of rotatable bonds is 30. The number of hydrogen-bond acceptors (Lipinski definition) is 42. The number of aliphatic carboxylic acids is 1. The third kappa shape index (κ3) is 20.2. The molecule has 3 unspecified atom stereocenters. The first-order chi connectivity index (χ1) is 49.5. The van der Waals surface area contributed by atoms with Crippen LogP contribution < -0.4 is 21.3 Å². The number of carboxylic acids is 1. The molecule has 0 aromatic carbocycles. The molecule has 7 heterocycles. The van der Waals surface area contributed by atoms with Gasteiger partial charge >= 0.3 is 22.3 Å². The number of amides is 4. The first kappa shape index (κ1) is 88.6. The molecule has 7 rings (SSSR count). The predicted molar refractivity (Wildman–Crippen MR) is 326 cm³/mol. The maximum absolute atomic E-state index is 15.0. The maximum Gasteiger partial charge on any atom is 0.397 e. The molecule has 49 heteroatoms. The van der Waals surface area contributed by atoms with E-state index in [9.17, 15) is 139 Å². The van der Waals surface area contributed by atoms with Crippen molar-refractivity contribution in [3.8, 4) is 0 Å². The van der Waals surface area contributed by atoms with E-state index in [2.05, 4.69) is 21.3 Å². The molecule has 106 heavy (non-hydrogen) atoms. The summed E-state index contributed by atoms with van der Waals surface area (Å²) in [6.45, 7) is -2.91. The Morgan fingerprint density at radius 2 is 0.906 bits per heavy atom. The van der Waals surface area contributed by atoms with Gasteiger partial charge < -0.3 is 190 Å². The van der Waals surface area contributed by atoms with Crippen LogP contribution in [-0.4, -0.2) is 423 Å². The molecule has 612 valence electrons. The minimum Gasteiger partial charge on any atom is -0.477 e. The summed E-state index contributed by atoms with van der Waals surface area (Å²) >= 11 is 0. The lowest BCUT2D eigenvalue weighted by molar-refractivity contribution is -0.392. The van der Waals surface area contributed by atoms with Gasteiger partial charge in [-0.05, 0) is 6.92 Å². The van der Waals surface area contributed by atoms with E-state index in [1.165, 1.54) is 0 Å². The number of aliphatic hydroxyl groups excluding tert-OH is 19. The maximum atomic E-state index is 15.0. The lowest BCUT2D eigenvalue weighted by Crippen LogP contribution is -2.72. The highest BCUT2D eigenvalue weighted by atomic mass is 32.3. The molecule has 0 radical (unpaired) electrons. The topological polar surface area (TPSA) is 748 Å². The molecule has 48 nitrogen and oxygen atoms in total. The number of carboxylic acid groups (broad SMARTS) is 1. The lowest BCUT2D eigenvalue weighted by atomic mass is 9.87. The SMILES string of the molecule is CO[C@H]1O[C@H](CO[C@H]2O[C@H](COS(=O)(=O)O)[C@@H](O[C@H]3O[C@@H](CO)[C@@H](O)C(O[C@]4(C(=O)O)C[C@H](O)[C@@H](NC(C)=O)[C@@H]([C@@H](O)[C@@H](O)CO)O4)[C@H]3O)[C@@H](O[C@@H]3O[C@@H](C)[C@@H](O)[C@H](O)[C@H]3O)C2NC(C)=O)[C@@H](O)[C@@H](O[C@]2(C(=O)O[C@H]3O[C@@H](CO)[C@@H](O)[C@H](O)[C@H]3O)C[C@H](O)C(NC(C)=O)[C@@H]([C@H](O)[C@@H](O)CO)O2)[C@H]1NC(C)=O. The molecule has 0 bridgehead atoms. The molecule has 0 spiro atoms. The molecule has 37 atom stereocenters. The number of carbonyl (C=O) groups is 6. The highest BCUT2D eigenvalue weighted by Crippen LogP contribution is 2.43. The van der Waals surface area contributed by atoms with Gasteiger partial charge in [-0.1, -0.05) is 0 Å². The summed E-state index contributed by atoms with van der Waals surface area (Å²) < 4.78 is 122. The van der Waals surface area contributed by atoms with E-state index in [-0.39, 0.29) is 0 Å². The summed E-state index contributed by atoms with van der Waals surface area (Å²) in [6.07, 6.45) is -72.4. The summed E-state index contributed by atoms with van der Waals surface area (Å²) in [7, 11) is -4.72. The Morgan fingerprint density at radius 3 is 1.41 bits per heavy atom. The molecule has 7 aliphatic heterocycles. The molecule has 7 aliphatic rings. The van der Waals surface area contributed by atoms with Crippen molar-refractivity contribution in [1.29, 1.82) is 0 Å². The zero-order valence-electron chi connectivity index (χ0n) is 57.1. The summed E-state index contributed by atoms with van der Waals surface area (Å²) in [4.78, 5) is 79.9. The minimum absolute atomic E-state index is 0.847. The highest BCUT2D eigenvalue weighted by molar-refractivity contribution is 7.80. The van der Waals surface area contributed by atoms with Crippen molar-refractivity contribution in [3.63, 3.8) is 0 Å². The number of carbonyl (C=O) groups excluding carboxylic acids is 5. The van der Waals surface area contributed by atoms with E-state index in [1.54, 1.807) is 0 Å². The van der Waals surface area contributed by atoms with Crippen LogP contribution in [0.5, 0.6) is 0 Å². The third-order valence-electron chi connectivity index (χ3n) is 18.4. The van der Waals surface area contributed by atoms with Gasteiger partial charge in [-0.15, -0.1) is 0 Å². The quantitative estimate of drug-likeness (QED) is 0.0235. The first-order valence-electron chi connectivity index (χ1n) is 32.8. The van der Waals surface area contributed by atoms with Gasteiger partial charge in [0.25, 0.3) is 11.6 Å². The summed E-state index contributed by atoms with van der Waals surface area (Å²) in [5.74, 6) is -15.0. The van der Waals surface area contributed by atoms with Gasteiger partial charge in [0.15, 0.2) is 25.2 Å². The number of hydrogen-bond donors (Lipinski definition) is 25. The standard InChI is InChI=1S/C57H94N4O44S/c1-15-32(74)38(80)40(82)51(94-15)100-47-31(61-19(5)69)50(98-27(14-93-106(88,89)90)43(47)99-53-42(84)48(36(78)25(12-65)96-53)105-56(54(85)86)7-20(70)28(58-16(2)66)44(102-56)33(75)22(72)9-62)92-13-26-37(79)46(30(60-18(4)68)49(91-6)97-26)104-57(55(87)101-52-41(83)39(81)35(77)24(11-64)95-52)8-21(71)29(59-17(3)67)45(103-57)34(76)23(73)10-63/h15,20-53,62-65,70-84H,7-14H2,1-6H3,(H,58,66)(H,59,67)(H,60,68)(H,61,69)(H,85,86)(H,88,89,90)/t15-,20-,21-,22-,23-,24-,25-,26+,27+,28+,29?,30+,31?,32+,33-,34+,35+,36+,37+,38-,39-,40+,41+,42+,43+,44-,45-,46-,47-,48?,49-,50-,51-,52+,53+,56-,57-/m0/s1. The fourth-order valence-electron chi connectivity index (χ4n) is 13.0. The summed E-state index contributed by atoms with van der Waals surface area (Å²) in [6, 6.07) is -7.76. The minimum atomic E-state index is -5.66. The Balaban J connectivity index is 1.32. The van der Waals surface area contributed by atoms with Crippen molar-refractivity contribution < 1.29 is 214 Å². The van der Waals surface area contributed by atoms with Gasteiger partial charge in [-0.25, -0.2) is 13.8 Å². The second kappa shape index (κ2) is 37.2. The number of esters is 1. The van der Waals surface area contributed by atoms with Crippen LogP contribution in [0.1, 0.15) is 47.5 Å². The van der Waals surface area contributed by atoms with Gasteiger partial charge in [0.2, 0.25) is 29.9 Å². The van der Waals surface area contributed by atoms with Crippen LogP contribution in [0.2, 0.25) is 0 Å². The summed E-state index contributed by atoms with van der Waals surface area (Å²) in [5, 5.41) is 229. The zero-order chi connectivity index (χ0) is 79.3. The largest absolute Gasteiger partial charge is 0.477 e. The van der Waals surface area contributed by atoms with Crippen LogP contribution in [0.4, 0.5) is 0 Å². The van der Waals surface area contributed by atoms with Crippen molar-refractivity contribution in [3.05, 3.63) is 0 Å². The number of ether oxygens (including phenoxy) is 14. The molecule has 25 N–H and O–H groups in total. The Bertz CT molecular complexity index is 3050. The number of methoxy groups -OCH3 is 1. The van der Waals surface area contributed by atoms with Crippen molar-refractivity contribution in [2.45, 2.75) is 273 Å². The number of aliphatic hydroxyl groups is 19. The van der Waals surface area contributed by atoms with E-state index in [4.69, 9.17) is 70.5 Å². The Labute approximate surface area is 600 Å². The van der Waals surface area contributed by atoms with Gasteiger partial charge in [0.1, 0.15) is 152 Å². The fourth-order valence-corrected chi connectivity index (χ4v) is 13.4. The monoisotopic (exact) mass is 1570 g/mol. The van der Waals surface area contributed by atoms with Gasteiger partial charge in [-0.2, -0.15) is 8.42 Å². The molecular weight excluding hydrogens is 1480 g/mol. The molecule has 7 fully saturated rings.